The van der Waals surface area contributed by atoms with E-state index in [1.807, 2.05) is 0 Å². The second kappa shape index (κ2) is 5.65. The predicted molar refractivity (Wildman–Crippen MR) is 82.2 cm³/mol. The lowest BCUT2D eigenvalue weighted by molar-refractivity contribution is 0.860. The van der Waals surface area contributed by atoms with Gasteiger partial charge in [-0.15, -0.1) is 0 Å². The van der Waals surface area contributed by atoms with E-state index in [1.165, 1.54) is 11.3 Å². The van der Waals surface area contributed by atoms with Gasteiger partial charge in [-0.25, -0.2) is 0 Å². The van der Waals surface area contributed by atoms with Gasteiger partial charge in [0.15, 0.2) is 5.17 Å². The molecule has 1 aromatic carbocycles. The van der Waals surface area contributed by atoms with Gasteiger partial charge in [0.2, 0.25) is 0 Å². The summed E-state index contributed by atoms with van der Waals surface area (Å²) in [6, 6.07) is 6.50. The SMILES string of the molecule is CCNc1ccc(C(C)C)c(N2CCSC2=N)c1. The predicted octanol–water partition coefficient (Wildman–Crippen LogP) is 3.73. The number of nitrogens with zero attached hydrogens (tertiary/aromatic N) is 1. The molecule has 3 nitrogen and oxygen atoms in total. The molecule has 2 rings (SSSR count). The van der Waals surface area contributed by atoms with Crippen LogP contribution in [0.15, 0.2) is 18.2 Å². The number of hydrogen-bond acceptors (Lipinski definition) is 3. The van der Waals surface area contributed by atoms with Gasteiger partial charge in [-0.1, -0.05) is 31.7 Å². The molecule has 18 heavy (non-hydrogen) atoms. The van der Waals surface area contributed by atoms with E-state index in [2.05, 4.69) is 49.2 Å². The molecule has 0 spiro atoms. The summed E-state index contributed by atoms with van der Waals surface area (Å²) in [5.41, 5.74) is 3.66. The van der Waals surface area contributed by atoms with Crippen LogP contribution in [-0.4, -0.2) is 24.0 Å². The molecular formula is C14H21N3S. The van der Waals surface area contributed by atoms with E-state index in [1.54, 1.807) is 11.8 Å². The molecule has 0 atom stereocenters. The number of anilines is 2. The fraction of sp³-hybridized carbons (Fsp3) is 0.500. The first-order chi connectivity index (χ1) is 8.63. The second-order valence-electron chi connectivity index (χ2n) is 4.76. The van der Waals surface area contributed by atoms with Gasteiger partial charge in [0.1, 0.15) is 0 Å². The first-order valence-electron chi connectivity index (χ1n) is 6.50. The molecule has 1 aliphatic rings. The van der Waals surface area contributed by atoms with Crippen molar-refractivity contribution >= 4 is 28.3 Å². The van der Waals surface area contributed by atoms with E-state index in [4.69, 9.17) is 5.41 Å². The molecule has 0 aromatic heterocycles. The summed E-state index contributed by atoms with van der Waals surface area (Å²) in [6.45, 7) is 8.38. The van der Waals surface area contributed by atoms with Gasteiger partial charge in [0.05, 0.1) is 0 Å². The maximum atomic E-state index is 8.02. The van der Waals surface area contributed by atoms with Crippen LogP contribution in [-0.2, 0) is 0 Å². The van der Waals surface area contributed by atoms with Gasteiger partial charge in [-0.2, -0.15) is 0 Å². The first kappa shape index (κ1) is 13.3. The highest BCUT2D eigenvalue weighted by Gasteiger charge is 2.22. The van der Waals surface area contributed by atoms with Gasteiger partial charge in [0, 0.05) is 30.2 Å². The van der Waals surface area contributed by atoms with Crippen molar-refractivity contribution in [2.75, 3.05) is 29.1 Å². The van der Waals surface area contributed by atoms with Crippen molar-refractivity contribution in [1.82, 2.24) is 0 Å². The van der Waals surface area contributed by atoms with Crippen LogP contribution < -0.4 is 10.2 Å². The summed E-state index contributed by atoms with van der Waals surface area (Å²) >= 11 is 1.63. The van der Waals surface area contributed by atoms with Crippen LogP contribution in [0, 0.1) is 5.41 Å². The molecule has 0 amide bonds. The average Bonchev–Trinajstić information content (AvgIpc) is 2.75. The lowest BCUT2D eigenvalue weighted by Gasteiger charge is -2.23. The maximum absolute atomic E-state index is 8.02. The Balaban J connectivity index is 2.40. The summed E-state index contributed by atoms with van der Waals surface area (Å²) in [5.74, 6) is 1.50. The van der Waals surface area contributed by atoms with Gasteiger partial charge >= 0.3 is 0 Å². The zero-order valence-electron chi connectivity index (χ0n) is 11.3. The highest BCUT2D eigenvalue weighted by Crippen LogP contribution is 2.34. The van der Waals surface area contributed by atoms with Gasteiger partial charge in [-0.3, -0.25) is 5.41 Å². The van der Waals surface area contributed by atoms with E-state index < -0.39 is 0 Å². The summed E-state index contributed by atoms with van der Waals surface area (Å²) in [5, 5.41) is 12.0. The largest absolute Gasteiger partial charge is 0.385 e. The first-order valence-corrected chi connectivity index (χ1v) is 7.48. The molecule has 1 saturated heterocycles. The Morgan fingerprint density at radius 3 is 2.78 bits per heavy atom. The summed E-state index contributed by atoms with van der Waals surface area (Å²) < 4.78 is 0. The minimum absolute atomic E-state index is 0.481. The van der Waals surface area contributed by atoms with E-state index in [-0.39, 0.29) is 0 Å². The molecule has 0 unspecified atom stereocenters. The van der Waals surface area contributed by atoms with Crippen molar-refractivity contribution < 1.29 is 0 Å². The number of rotatable bonds is 4. The van der Waals surface area contributed by atoms with E-state index in [0.29, 0.717) is 11.1 Å². The van der Waals surface area contributed by atoms with Crippen LogP contribution in [0.4, 0.5) is 11.4 Å². The highest BCUT2D eigenvalue weighted by molar-refractivity contribution is 8.14. The minimum Gasteiger partial charge on any atom is -0.385 e. The Labute approximate surface area is 113 Å². The molecule has 0 bridgehead atoms. The second-order valence-corrected chi connectivity index (χ2v) is 5.85. The third-order valence-electron chi connectivity index (χ3n) is 3.12. The van der Waals surface area contributed by atoms with Crippen LogP contribution in [0.3, 0.4) is 0 Å². The molecule has 0 radical (unpaired) electrons. The van der Waals surface area contributed by atoms with E-state index in [0.717, 1.165) is 24.5 Å². The Morgan fingerprint density at radius 2 is 2.22 bits per heavy atom. The average molecular weight is 263 g/mol. The third kappa shape index (κ3) is 2.64. The Kier molecular flexibility index (Phi) is 4.17. The number of benzene rings is 1. The Bertz CT molecular complexity index is 443. The Morgan fingerprint density at radius 1 is 1.44 bits per heavy atom. The molecule has 1 fully saturated rings. The molecule has 4 heteroatoms. The summed E-state index contributed by atoms with van der Waals surface area (Å²) in [4.78, 5) is 2.13. The number of nitrogens with one attached hydrogen (secondary N) is 2. The smallest absolute Gasteiger partial charge is 0.160 e. The van der Waals surface area contributed by atoms with Crippen molar-refractivity contribution in [2.24, 2.45) is 0 Å². The summed E-state index contributed by atoms with van der Waals surface area (Å²) in [7, 11) is 0. The fourth-order valence-corrected chi connectivity index (χ4v) is 3.04. The summed E-state index contributed by atoms with van der Waals surface area (Å²) in [6.07, 6.45) is 0. The molecule has 0 saturated carbocycles. The van der Waals surface area contributed by atoms with Crippen LogP contribution in [0.1, 0.15) is 32.3 Å². The molecular weight excluding hydrogens is 242 g/mol. The lowest BCUT2D eigenvalue weighted by Crippen LogP contribution is -2.24. The van der Waals surface area contributed by atoms with Gasteiger partial charge < -0.3 is 10.2 Å². The zero-order valence-corrected chi connectivity index (χ0v) is 12.1. The topological polar surface area (TPSA) is 39.1 Å². The van der Waals surface area contributed by atoms with Crippen LogP contribution in [0.5, 0.6) is 0 Å². The van der Waals surface area contributed by atoms with Crippen molar-refractivity contribution in [1.29, 1.82) is 5.41 Å². The molecule has 1 aromatic rings. The zero-order chi connectivity index (χ0) is 13.1. The number of thioether (sulfide) groups is 1. The fourth-order valence-electron chi connectivity index (χ4n) is 2.22. The molecule has 98 valence electrons. The Hall–Kier alpha value is -1.16. The number of hydrogen-bond donors (Lipinski definition) is 2. The molecule has 2 N–H and O–H groups in total. The van der Waals surface area contributed by atoms with E-state index >= 15 is 0 Å². The maximum Gasteiger partial charge on any atom is 0.160 e. The van der Waals surface area contributed by atoms with Gasteiger partial charge in [0.25, 0.3) is 0 Å². The van der Waals surface area contributed by atoms with Crippen molar-refractivity contribution in [2.45, 2.75) is 26.7 Å². The molecule has 1 aliphatic heterocycles. The quantitative estimate of drug-likeness (QED) is 0.869. The van der Waals surface area contributed by atoms with Crippen molar-refractivity contribution in [3.63, 3.8) is 0 Å². The van der Waals surface area contributed by atoms with Gasteiger partial charge in [-0.05, 0) is 30.5 Å². The number of amidine groups is 1. The standard InChI is InChI=1S/C14H21N3S/c1-4-16-11-5-6-12(10(2)3)13(9-11)17-7-8-18-14(17)15/h5-6,9-10,15-16H,4,7-8H2,1-3H3. The van der Waals surface area contributed by atoms with Crippen LogP contribution in [0.2, 0.25) is 0 Å². The minimum atomic E-state index is 0.481. The van der Waals surface area contributed by atoms with Crippen LogP contribution in [0.25, 0.3) is 0 Å². The van der Waals surface area contributed by atoms with Crippen LogP contribution >= 0.6 is 11.8 Å². The monoisotopic (exact) mass is 263 g/mol. The normalized spacial score (nSPS) is 15.6. The lowest BCUT2D eigenvalue weighted by atomic mass is 10.00. The molecule has 1 heterocycles. The van der Waals surface area contributed by atoms with Crippen molar-refractivity contribution in [3.8, 4) is 0 Å². The highest BCUT2D eigenvalue weighted by atomic mass is 32.2. The third-order valence-corrected chi connectivity index (χ3v) is 4.00. The molecule has 0 aliphatic carbocycles. The van der Waals surface area contributed by atoms with Crippen molar-refractivity contribution in [3.05, 3.63) is 23.8 Å². The van der Waals surface area contributed by atoms with E-state index in [9.17, 15) is 0 Å².